The Balaban J connectivity index is 3.25. The summed E-state index contributed by atoms with van der Waals surface area (Å²) < 4.78 is 1.36. The number of aromatic nitrogens is 2. The molecule has 1 rings (SSSR count). The van der Waals surface area contributed by atoms with Crippen LogP contribution in [-0.2, 0) is 7.05 Å². The van der Waals surface area contributed by atoms with E-state index < -0.39 is 0 Å². The van der Waals surface area contributed by atoms with Gasteiger partial charge >= 0.3 is 0 Å². The predicted octanol–water partition coefficient (Wildman–Crippen LogP) is 0.0451. The topological polar surface area (TPSA) is 52.0 Å². The Kier molecular flexibility index (Phi) is 1.62. The summed E-state index contributed by atoms with van der Waals surface area (Å²) in [5.74, 6) is 0. The van der Waals surface area contributed by atoms with E-state index in [0.29, 0.717) is 23.8 Å². The molecule has 1 heterocycles. The van der Waals surface area contributed by atoms with Crippen molar-refractivity contribution >= 4 is 12.6 Å². The van der Waals surface area contributed by atoms with Crippen LogP contribution in [0, 0.1) is 0 Å². The molecule has 0 aliphatic rings. The molecule has 0 unspecified atom stereocenters. The van der Waals surface area contributed by atoms with Gasteiger partial charge in [0.25, 0.3) is 0 Å². The standard InChI is InChI=1S/C6H6N2O2/c1-8-6(4-10)5(3-9)2-7-8/h2-4H,1H3. The average molecular weight is 138 g/mol. The van der Waals surface area contributed by atoms with Crippen molar-refractivity contribution in [1.82, 2.24) is 9.78 Å². The highest BCUT2D eigenvalue weighted by atomic mass is 16.1. The lowest BCUT2D eigenvalue weighted by molar-refractivity contribution is 0.109. The van der Waals surface area contributed by atoms with Gasteiger partial charge in [-0.2, -0.15) is 5.10 Å². The third kappa shape index (κ3) is 0.834. The van der Waals surface area contributed by atoms with Crippen LogP contribution >= 0.6 is 0 Å². The summed E-state index contributed by atoms with van der Waals surface area (Å²) in [7, 11) is 1.61. The number of hydrogen-bond donors (Lipinski definition) is 0. The first-order valence-corrected chi connectivity index (χ1v) is 2.72. The molecular weight excluding hydrogens is 132 g/mol. The molecule has 0 aromatic carbocycles. The van der Waals surface area contributed by atoms with Gasteiger partial charge in [0.2, 0.25) is 0 Å². The molecule has 1 aromatic rings. The van der Waals surface area contributed by atoms with Crippen LogP contribution in [0.3, 0.4) is 0 Å². The Labute approximate surface area is 57.5 Å². The highest BCUT2D eigenvalue weighted by Crippen LogP contribution is 1.99. The smallest absolute Gasteiger partial charge is 0.168 e. The molecule has 0 radical (unpaired) electrons. The zero-order valence-corrected chi connectivity index (χ0v) is 5.44. The van der Waals surface area contributed by atoms with E-state index in [1.54, 1.807) is 7.05 Å². The van der Waals surface area contributed by atoms with Crippen molar-refractivity contribution in [3.8, 4) is 0 Å². The summed E-state index contributed by atoms with van der Waals surface area (Å²) in [5, 5.41) is 3.71. The summed E-state index contributed by atoms with van der Waals surface area (Å²) in [6.07, 6.45) is 2.57. The van der Waals surface area contributed by atoms with E-state index in [2.05, 4.69) is 5.10 Å². The van der Waals surface area contributed by atoms with Gasteiger partial charge in [0, 0.05) is 7.05 Å². The molecule has 10 heavy (non-hydrogen) atoms. The molecule has 0 aliphatic carbocycles. The number of carbonyl (C=O) groups is 2. The second-order valence-electron chi connectivity index (χ2n) is 1.84. The van der Waals surface area contributed by atoms with Gasteiger partial charge in [0.1, 0.15) is 5.69 Å². The molecule has 4 nitrogen and oxygen atoms in total. The quantitative estimate of drug-likeness (QED) is 0.542. The van der Waals surface area contributed by atoms with Gasteiger partial charge in [0.15, 0.2) is 12.6 Å². The second-order valence-corrected chi connectivity index (χ2v) is 1.84. The lowest BCUT2D eigenvalue weighted by Gasteiger charge is -1.89. The Morgan fingerprint density at radius 2 is 2.20 bits per heavy atom. The molecule has 0 N–H and O–H groups in total. The van der Waals surface area contributed by atoms with Crippen LogP contribution in [0.5, 0.6) is 0 Å². The van der Waals surface area contributed by atoms with Crippen LogP contribution in [0.1, 0.15) is 20.8 Å². The first-order chi connectivity index (χ1) is 4.79. The van der Waals surface area contributed by atoms with Gasteiger partial charge in [-0.1, -0.05) is 0 Å². The van der Waals surface area contributed by atoms with Gasteiger partial charge in [-0.15, -0.1) is 0 Å². The summed E-state index contributed by atoms with van der Waals surface area (Å²) in [6, 6.07) is 0. The third-order valence-corrected chi connectivity index (χ3v) is 1.25. The Morgan fingerprint density at radius 1 is 1.50 bits per heavy atom. The van der Waals surface area contributed by atoms with E-state index in [0.717, 1.165) is 0 Å². The van der Waals surface area contributed by atoms with Crippen LogP contribution in [0.25, 0.3) is 0 Å². The largest absolute Gasteiger partial charge is 0.298 e. The maximum atomic E-state index is 10.2. The zero-order valence-electron chi connectivity index (χ0n) is 5.44. The maximum absolute atomic E-state index is 10.2. The lowest BCUT2D eigenvalue weighted by atomic mass is 10.3. The minimum absolute atomic E-state index is 0.315. The van der Waals surface area contributed by atoms with Crippen molar-refractivity contribution in [2.24, 2.45) is 7.05 Å². The van der Waals surface area contributed by atoms with Crippen molar-refractivity contribution in [2.75, 3.05) is 0 Å². The average Bonchev–Trinajstić information content (AvgIpc) is 2.30. The third-order valence-electron chi connectivity index (χ3n) is 1.25. The molecule has 0 amide bonds. The maximum Gasteiger partial charge on any atom is 0.168 e. The van der Waals surface area contributed by atoms with E-state index in [1.807, 2.05) is 0 Å². The molecule has 0 saturated carbocycles. The predicted molar refractivity (Wildman–Crippen MR) is 34.0 cm³/mol. The molecule has 0 spiro atoms. The van der Waals surface area contributed by atoms with Gasteiger partial charge in [-0.05, 0) is 0 Å². The molecular formula is C6H6N2O2. The van der Waals surface area contributed by atoms with Crippen molar-refractivity contribution in [2.45, 2.75) is 0 Å². The van der Waals surface area contributed by atoms with E-state index in [9.17, 15) is 9.59 Å². The SMILES string of the molecule is Cn1ncc(C=O)c1C=O. The minimum Gasteiger partial charge on any atom is -0.298 e. The van der Waals surface area contributed by atoms with Crippen LogP contribution in [0.2, 0.25) is 0 Å². The van der Waals surface area contributed by atoms with Gasteiger partial charge in [0.05, 0.1) is 11.8 Å². The second kappa shape index (κ2) is 2.43. The van der Waals surface area contributed by atoms with E-state index in [-0.39, 0.29) is 0 Å². The fraction of sp³-hybridized carbons (Fsp3) is 0.167. The molecule has 0 fully saturated rings. The van der Waals surface area contributed by atoms with Gasteiger partial charge < -0.3 is 0 Å². The molecule has 0 bridgehead atoms. The molecule has 0 saturated heterocycles. The number of aldehydes is 2. The summed E-state index contributed by atoms with van der Waals surface area (Å²) in [6.45, 7) is 0. The summed E-state index contributed by atoms with van der Waals surface area (Å²) >= 11 is 0. The number of carbonyl (C=O) groups excluding carboxylic acids is 2. The molecule has 1 aromatic heterocycles. The Hall–Kier alpha value is -1.45. The summed E-state index contributed by atoms with van der Waals surface area (Å²) in [5.41, 5.74) is 0.646. The van der Waals surface area contributed by atoms with Crippen LogP contribution in [0.15, 0.2) is 6.20 Å². The van der Waals surface area contributed by atoms with Crippen LogP contribution < -0.4 is 0 Å². The fourth-order valence-electron chi connectivity index (χ4n) is 0.699. The number of aryl methyl sites for hydroxylation is 1. The minimum atomic E-state index is 0.315. The highest BCUT2D eigenvalue weighted by Gasteiger charge is 2.04. The molecule has 52 valence electrons. The van der Waals surface area contributed by atoms with Crippen LogP contribution in [0.4, 0.5) is 0 Å². The highest BCUT2D eigenvalue weighted by molar-refractivity contribution is 5.88. The first-order valence-electron chi connectivity index (χ1n) is 2.72. The molecule has 0 aliphatic heterocycles. The van der Waals surface area contributed by atoms with E-state index >= 15 is 0 Å². The van der Waals surface area contributed by atoms with Gasteiger partial charge in [-0.25, -0.2) is 0 Å². The Morgan fingerprint density at radius 3 is 2.60 bits per heavy atom. The normalized spacial score (nSPS) is 9.30. The van der Waals surface area contributed by atoms with Crippen molar-refractivity contribution in [3.05, 3.63) is 17.5 Å². The van der Waals surface area contributed by atoms with Crippen molar-refractivity contribution < 1.29 is 9.59 Å². The Bertz CT molecular complexity index is 265. The fourth-order valence-corrected chi connectivity index (χ4v) is 0.699. The lowest BCUT2D eigenvalue weighted by Crippen LogP contribution is -1.97. The first kappa shape index (κ1) is 6.67. The van der Waals surface area contributed by atoms with Crippen LogP contribution in [-0.4, -0.2) is 22.4 Å². The number of rotatable bonds is 2. The van der Waals surface area contributed by atoms with Crippen molar-refractivity contribution in [1.29, 1.82) is 0 Å². The number of hydrogen-bond acceptors (Lipinski definition) is 3. The van der Waals surface area contributed by atoms with E-state index in [4.69, 9.17) is 0 Å². The molecule has 0 atom stereocenters. The van der Waals surface area contributed by atoms with Gasteiger partial charge in [-0.3, -0.25) is 14.3 Å². The monoisotopic (exact) mass is 138 g/mol. The zero-order chi connectivity index (χ0) is 7.56. The molecule has 4 heteroatoms. The van der Waals surface area contributed by atoms with Crippen molar-refractivity contribution in [3.63, 3.8) is 0 Å². The summed E-state index contributed by atoms with van der Waals surface area (Å²) in [4.78, 5) is 20.4. The van der Waals surface area contributed by atoms with E-state index in [1.165, 1.54) is 10.9 Å². The number of nitrogens with zero attached hydrogens (tertiary/aromatic N) is 2.